The predicted octanol–water partition coefficient (Wildman–Crippen LogP) is 2.35. The fraction of sp³-hybridized carbons (Fsp3) is 0.0909. The average molecular weight is 328 g/mol. The molecule has 2 aromatic rings. The molecule has 0 saturated heterocycles. The molecule has 0 aliphatic heterocycles. The number of sulfonamides is 1. The largest absolute Gasteiger partial charge is 0.279 e. The molecule has 5 nitrogen and oxygen atoms in total. The Morgan fingerprint density at radius 2 is 2.00 bits per heavy atom. The van der Waals surface area contributed by atoms with Crippen LogP contribution in [0.4, 0.5) is 5.69 Å². The summed E-state index contributed by atoms with van der Waals surface area (Å²) in [5.74, 6) is 0. The van der Waals surface area contributed by atoms with E-state index in [-0.39, 0.29) is 4.90 Å². The Balaban J connectivity index is 2.37. The fourth-order valence-electron chi connectivity index (χ4n) is 1.33. The molecule has 0 amide bonds. The monoisotopic (exact) mass is 327 g/mol. The van der Waals surface area contributed by atoms with Crippen molar-refractivity contribution in [2.75, 3.05) is 4.72 Å². The second kappa shape index (κ2) is 5.03. The molecule has 0 unspecified atom stereocenters. The molecule has 2 heterocycles. The molecule has 0 atom stereocenters. The Hall–Kier alpha value is -1.47. The number of nitrogens with zero attached hydrogens (tertiary/aromatic N) is 2. The zero-order valence-electron chi connectivity index (χ0n) is 9.46. The van der Waals surface area contributed by atoms with Gasteiger partial charge in [-0.15, -0.1) is 0 Å². The van der Waals surface area contributed by atoms with Gasteiger partial charge in [-0.1, -0.05) is 0 Å². The Morgan fingerprint density at radius 1 is 1.22 bits per heavy atom. The zero-order valence-corrected chi connectivity index (χ0v) is 11.9. The van der Waals surface area contributed by atoms with E-state index < -0.39 is 10.0 Å². The first kappa shape index (κ1) is 13.0. The average Bonchev–Trinajstić information content (AvgIpc) is 2.32. The molecular formula is C11H10BrN3O2S. The van der Waals surface area contributed by atoms with Gasteiger partial charge in [0.15, 0.2) is 0 Å². The number of hydrogen-bond donors (Lipinski definition) is 1. The van der Waals surface area contributed by atoms with Gasteiger partial charge < -0.3 is 0 Å². The molecule has 0 spiro atoms. The van der Waals surface area contributed by atoms with Crippen molar-refractivity contribution in [3.8, 4) is 0 Å². The molecule has 0 aliphatic carbocycles. The SMILES string of the molecule is Cc1cnccc1NS(=O)(=O)c1cncc(Br)c1. The van der Waals surface area contributed by atoms with Gasteiger partial charge in [-0.05, 0) is 40.5 Å². The second-order valence-corrected chi connectivity index (χ2v) is 6.23. The molecule has 0 bridgehead atoms. The van der Waals surface area contributed by atoms with Gasteiger partial charge >= 0.3 is 0 Å². The van der Waals surface area contributed by atoms with Crippen LogP contribution in [-0.2, 0) is 10.0 Å². The third-order valence-corrected chi connectivity index (χ3v) is 4.02. The summed E-state index contributed by atoms with van der Waals surface area (Å²) in [5, 5.41) is 0. The Kier molecular flexibility index (Phi) is 3.63. The van der Waals surface area contributed by atoms with Crippen LogP contribution in [0.5, 0.6) is 0 Å². The highest BCUT2D eigenvalue weighted by Gasteiger charge is 2.15. The first-order chi connectivity index (χ1) is 8.49. The maximum Gasteiger partial charge on any atom is 0.263 e. The van der Waals surface area contributed by atoms with Crippen LogP contribution in [0.1, 0.15) is 5.56 Å². The second-order valence-electron chi connectivity index (χ2n) is 3.63. The van der Waals surface area contributed by atoms with Gasteiger partial charge in [0.1, 0.15) is 4.90 Å². The highest BCUT2D eigenvalue weighted by molar-refractivity contribution is 9.10. The lowest BCUT2D eigenvalue weighted by atomic mass is 10.3. The smallest absolute Gasteiger partial charge is 0.263 e. The van der Waals surface area contributed by atoms with Gasteiger partial charge in [-0.25, -0.2) is 8.42 Å². The summed E-state index contributed by atoms with van der Waals surface area (Å²) >= 11 is 3.19. The Bertz CT molecular complexity index is 673. The number of aryl methyl sites for hydroxylation is 1. The standard InChI is InChI=1S/C11H10BrN3O2S/c1-8-5-13-3-2-11(8)15-18(16,17)10-4-9(12)6-14-7-10/h2-7H,1H3,(H,13,15). The van der Waals surface area contributed by atoms with Crippen LogP contribution >= 0.6 is 15.9 Å². The van der Waals surface area contributed by atoms with E-state index in [0.29, 0.717) is 10.2 Å². The number of aromatic nitrogens is 2. The summed E-state index contributed by atoms with van der Waals surface area (Å²) in [6, 6.07) is 3.10. The van der Waals surface area contributed by atoms with Crippen molar-refractivity contribution >= 4 is 31.6 Å². The van der Waals surface area contributed by atoms with Crippen LogP contribution in [0.3, 0.4) is 0 Å². The Labute approximate surface area is 113 Å². The highest BCUT2D eigenvalue weighted by atomic mass is 79.9. The summed E-state index contributed by atoms with van der Waals surface area (Å²) in [6.07, 6.45) is 5.95. The van der Waals surface area contributed by atoms with Crippen LogP contribution in [0.25, 0.3) is 0 Å². The van der Waals surface area contributed by atoms with E-state index in [1.54, 1.807) is 19.2 Å². The maximum absolute atomic E-state index is 12.1. The molecule has 94 valence electrons. The third-order valence-electron chi connectivity index (χ3n) is 2.25. The van der Waals surface area contributed by atoms with Crippen molar-refractivity contribution in [2.24, 2.45) is 0 Å². The van der Waals surface area contributed by atoms with E-state index in [4.69, 9.17) is 0 Å². The number of rotatable bonds is 3. The zero-order chi connectivity index (χ0) is 13.2. The first-order valence-electron chi connectivity index (χ1n) is 5.03. The van der Waals surface area contributed by atoms with Crippen LogP contribution in [0.15, 0.2) is 46.3 Å². The van der Waals surface area contributed by atoms with Crippen LogP contribution in [0, 0.1) is 6.92 Å². The van der Waals surface area contributed by atoms with Crippen molar-refractivity contribution in [1.29, 1.82) is 0 Å². The van der Waals surface area contributed by atoms with Crippen molar-refractivity contribution in [1.82, 2.24) is 9.97 Å². The molecule has 0 aliphatic rings. The molecule has 0 radical (unpaired) electrons. The van der Waals surface area contributed by atoms with Crippen molar-refractivity contribution in [3.05, 3.63) is 47.0 Å². The Morgan fingerprint density at radius 3 is 2.67 bits per heavy atom. The number of halogens is 1. The van der Waals surface area contributed by atoms with Gasteiger partial charge in [-0.3, -0.25) is 14.7 Å². The molecule has 2 rings (SSSR count). The fourth-order valence-corrected chi connectivity index (χ4v) is 2.97. The van der Waals surface area contributed by atoms with Crippen molar-refractivity contribution < 1.29 is 8.42 Å². The molecule has 0 saturated carbocycles. The minimum absolute atomic E-state index is 0.105. The minimum atomic E-state index is -3.63. The predicted molar refractivity (Wildman–Crippen MR) is 71.7 cm³/mol. The number of anilines is 1. The van der Waals surface area contributed by atoms with Crippen LogP contribution < -0.4 is 4.72 Å². The summed E-state index contributed by atoms with van der Waals surface area (Å²) in [6.45, 7) is 1.78. The van der Waals surface area contributed by atoms with E-state index in [9.17, 15) is 8.42 Å². The third kappa shape index (κ3) is 2.85. The van der Waals surface area contributed by atoms with Gasteiger partial charge in [0.25, 0.3) is 10.0 Å². The quantitative estimate of drug-likeness (QED) is 0.939. The van der Waals surface area contributed by atoms with Gasteiger partial charge in [0, 0.05) is 29.3 Å². The van der Waals surface area contributed by atoms with E-state index in [1.165, 1.54) is 24.7 Å². The lowest BCUT2D eigenvalue weighted by Crippen LogP contribution is -2.14. The molecule has 2 aromatic heterocycles. The summed E-state index contributed by atoms with van der Waals surface area (Å²) in [4.78, 5) is 7.85. The first-order valence-corrected chi connectivity index (χ1v) is 7.30. The van der Waals surface area contributed by atoms with Gasteiger partial charge in [0.05, 0.1) is 5.69 Å². The lowest BCUT2D eigenvalue weighted by Gasteiger charge is -2.09. The normalized spacial score (nSPS) is 11.2. The molecular weight excluding hydrogens is 318 g/mol. The van der Waals surface area contributed by atoms with Crippen molar-refractivity contribution in [2.45, 2.75) is 11.8 Å². The van der Waals surface area contributed by atoms with Crippen LogP contribution in [0.2, 0.25) is 0 Å². The summed E-state index contributed by atoms with van der Waals surface area (Å²) < 4.78 is 27.3. The summed E-state index contributed by atoms with van der Waals surface area (Å²) in [7, 11) is -3.63. The van der Waals surface area contributed by atoms with E-state index >= 15 is 0 Å². The van der Waals surface area contributed by atoms with Gasteiger partial charge in [0.2, 0.25) is 0 Å². The molecule has 0 fully saturated rings. The number of nitrogens with one attached hydrogen (secondary N) is 1. The molecule has 1 N–H and O–H groups in total. The van der Waals surface area contributed by atoms with E-state index in [2.05, 4.69) is 30.6 Å². The molecule has 18 heavy (non-hydrogen) atoms. The topological polar surface area (TPSA) is 72.0 Å². The van der Waals surface area contributed by atoms with Crippen molar-refractivity contribution in [3.63, 3.8) is 0 Å². The molecule has 7 heteroatoms. The van der Waals surface area contributed by atoms with Crippen LogP contribution in [-0.4, -0.2) is 18.4 Å². The summed E-state index contributed by atoms with van der Waals surface area (Å²) in [5.41, 5.74) is 1.26. The lowest BCUT2D eigenvalue weighted by molar-refractivity contribution is 0.600. The maximum atomic E-state index is 12.1. The van der Waals surface area contributed by atoms with E-state index in [0.717, 1.165) is 5.56 Å². The number of pyridine rings is 2. The van der Waals surface area contributed by atoms with E-state index in [1.807, 2.05) is 0 Å². The highest BCUT2D eigenvalue weighted by Crippen LogP contribution is 2.19. The minimum Gasteiger partial charge on any atom is -0.279 e. The van der Waals surface area contributed by atoms with Gasteiger partial charge in [-0.2, -0.15) is 0 Å². The number of hydrogen-bond acceptors (Lipinski definition) is 4. The molecule has 0 aromatic carbocycles.